The van der Waals surface area contributed by atoms with E-state index in [0.29, 0.717) is 17.0 Å². The topological polar surface area (TPSA) is 63.7 Å². The molecule has 5 heteroatoms. The third-order valence-electron chi connectivity index (χ3n) is 8.12. The summed E-state index contributed by atoms with van der Waals surface area (Å²) in [5.41, 5.74) is 3.04. The second-order valence-corrected chi connectivity index (χ2v) is 10.1. The van der Waals surface area contributed by atoms with Crippen LogP contribution in [-0.4, -0.2) is 36.7 Å². The smallest absolute Gasteiger partial charge is 0.329 e. The van der Waals surface area contributed by atoms with E-state index in [4.69, 9.17) is 4.74 Å². The standard InChI is InChI=1S/C31H27NO4/c1-18(2)19-12-14-21(15-13-19)26-27(30(35)36-3)32-24-11-7-4-8-20(24)16-17-25(32)31(26)28(33)22-9-5-6-10-23(22)29(31)34/h4-18,25-27H,1-3H3/t25-,26+,27-/m1/s1. The highest BCUT2D eigenvalue weighted by Gasteiger charge is 2.71. The largest absolute Gasteiger partial charge is 0.467 e. The second kappa shape index (κ2) is 8.02. The quantitative estimate of drug-likeness (QED) is 0.373. The Hall–Kier alpha value is -3.99. The number of para-hydroxylation sites is 1. The average molecular weight is 478 g/mol. The zero-order valence-corrected chi connectivity index (χ0v) is 20.5. The lowest BCUT2D eigenvalue weighted by Crippen LogP contribution is -2.48. The summed E-state index contributed by atoms with van der Waals surface area (Å²) in [5, 5.41) is 0. The van der Waals surface area contributed by atoms with Crippen molar-refractivity contribution >= 4 is 29.3 Å². The number of esters is 1. The first kappa shape index (κ1) is 22.5. The molecule has 2 aliphatic heterocycles. The molecule has 180 valence electrons. The number of benzene rings is 3. The van der Waals surface area contributed by atoms with Gasteiger partial charge in [0.1, 0.15) is 11.5 Å². The van der Waals surface area contributed by atoms with Gasteiger partial charge in [-0.2, -0.15) is 0 Å². The molecule has 0 unspecified atom stereocenters. The van der Waals surface area contributed by atoms with Gasteiger partial charge in [0.2, 0.25) is 0 Å². The molecule has 3 aliphatic rings. The van der Waals surface area contributed by atoms with Crippen molar-refractivity contribution in [1.29, 1.82) is 0 Å². The third-order valence-corrected chi connectivity index (χ3v) is 8.12. The zero-order valence-electron chi connectivity index (χ0n) is 20.5. The molecule has 1 fully saturated rings. The van der Waals surface area contributed by atoms with Crippen LogP contribution in [-0.2, 0) is 9.53 Å². The van der Waals surface area contributed by atoms with Crippen molar-refractivity contribution in [2.24, 2.45) is 5.41 Å². The normalized spacial score (nSPS) is 23.1. The Bertz CT molecular complexity index is 1400. The van der Waals surface area contributed by atoms with Crippen LogP contribution in [0, 0.1) is 5.41 Å². The minimum absolute atomic E-state index is 0.230. The van der Waals surface area contributed by atoms with E-state index in [1.165, 1.54) is 7.11 Å². The fourth-order valence-electron chi connectivity index (χ4n) is 6.47. The van der Waals surface area contributed by atoms with E-state index in [9.17, 15) is 14.4 Å². The maximum absolute atomic E-state index is 14.4. The highest BCUT2D eigenvalue weighted by atomic mass is 16.5. The number of Topliss-reactive ketones (excluding diaryl/α,β-unsaturated/α-hetero) is 2. The Morgan fingerprint density at radius 2 is 1.50 bits per heavy atom. The minimum Gasteiger partial charge on any atom is -0.467 e. The first-order valence-corrected chi connectivity index (χ1v) is 12.3. The number of hydrogen-bond acceptors (Lipinski definition) is 5. The summed E-state index contributed by atoms with van der Waals surface area (Å²) >= 11 is 0. The van der Waals surface area contributed by atoms with Gasteiger partial charge in [-0.05, 0) is 28.7 Å². The summed E-state index contributed by atoms with van der Waals surface area (Å²) in [6, 6.07) is 21.3. The van der Waals surface area contributed by atoms with Crippen LogP contribution in [0.15, 0.2) is 78.9 Å². The fourth-order valence-corrected chi connectivity index (χ4v) is 6.47. The van der Waals surface area contributed by atoms with E-state index >= 15 is 0 Å². The minimum atomic E-state index is -1.48. The summed E-state index contributed by atoms with van der Waals surface area (Å²) in [5.74, 6) is -1.32. The Balaban J connectivity index is 1.66. The van der Waals surface area contributed by atoms with Gasteiger partial charge in [0.25, 0.3) is 0 Å². The van der Waals surface area contributed by atoms with Crippen LogP contribution < -0.4 is 4.90 Å². The van der Waals surface area contributed by atoms with Crippen LogP contribution in [0.5, 0.6) is 0 Å². The number of hydrogen-bond donors (Lipinski definition) is 0. The van der Waals surface area contributed by atoms with Crippen molar-refractivity contribution < 1.29 is 19.1 Å². The molecule has 3 atom stereocenters. The number of carbonyl (C=O) groups is 3. The van der Waals surface area contributed by atoms with Gasteiger partial charge in [0.05, 0.1) is 13.2 Å². The summed E-state index contributed by atoms with van der Waals surface area (Å²) in [4.78, 5) is 44.3. The van der Waals surface area contributed by atoms with Crippen molar-refractivity contribution in [3.05, 3.63) is 107 Å². The van der Waals surface area contributed by atoms with Crippen molar-refractivity contribution in [2.75, 3.05) is 12.0 Å². The summed E-state index contributed by atoms with van der Waals surface area (Å²) < 4.78 is 5.33. The van der Waals surface area contributed by atoms with E-state index in [0.717, 1.165) is 22.4 Å². The Morgan fingerprint density at radius 3 is 2.11 bits per heavy atom. The molecular weight excluding hydrogens is 450 g/mol. The second-order valence-electron chi connectivity index (χ2n) is 10.1. The van der Waals surface area contributed by atoms with Gasteiger partial charge in [0.15, 0.2) is 11.6 Å². The van der Waals surface area contributed by atoms with E-state index in [-0.39, 0.29) is 11.6 Å². The maximum atomic E-state index is 14.4. The van der Waals surface area contributed by atoms with Gasteiger partial charge in [0, 0.05) is 22.7 Å². The Morgan fingerprint density at radius 1 is 0.889 bits per heavy atom. The summed E-state index contributed by atoms with van der Waals surface area (Å²) in [6.07, 6.45) is 3.88. The molecule has 0 N–H and O–H groups in total. The SMILES string of the molecule is COC(=O)[C@H]1[C@H](c2ccc(C(C)C)cc2)C2(C(=O)c3ccccc3C2=O)[C@H]2C=Cc3ccccc3N12. The monoisotopic (exact) mass is 477 g/mol. The lowest BCUT2D eigenvalue weighted by atomic mass is 9.64. The number of methoxy groups -OCH3 is 1. The molecule has 1 aliphatic carbocycles. The summed E-state index contributed by atoms with van der Waals surface area (Å²) in [7, 11) is 1.36. The molecule has 36 heavy (non-hydrogen) atoms. The van der Waals surface area contributed by atoms with Crippen molar-refractivity contribution in [2.45, 2.75) is 37.8 Å². The number of anilines is 1. The van der Waals surface area contributed by atoms with Crippen LogP contribution >= 0.6 is 0 Å². The van der Waals surface area contributed by atoms with Crippen LogP contribution in [0.4, 0.5) is 5.69 Å². The molecule has 0 amide bonds. The van der Waals surface area contributed by atoms with Gasteiger partial charge in [-0.3, -0.25) is 9.59 Å². The molecule has 5 nitrogen and oxygen atoms in total. The number of nitrogens with zero attached hydrogens (tertiary/aromatic N) is 1. The Labute approximate surface area is 210 Å². The molecule has 1 spiro atoms. The molecule has 0 bridgehead atoms. The zero-order chi connectivity index (χ0) is 25.2. The van der Waals surface area contributed by atoms with Gasteiger partial charge in [-0.15, -0.1) is 0 Å². The highest BCUT2D eigenvalue weighted by Crippen LogP contribution is 2.60. The first-order chi connectivity index (χ1) is 17.4. The maximum Gasteiger partial charge on any atom is 0.329 e. The van der Waals surface area contributed by atoms with Crippen molar-refractivity contribution in [3.8, 4) is 0 Å². The van der Waals surface area contributed by atoms with Crippen LogP contribution in [0.1, 0.15) is 63.1 Å². The van der Waals surface area contributed by atoms with E-state index < -0.39 is 29.4 Å². The molecule has 1 saturated heterocycles. The molecule has 0 aromatic heterocycles. The fraction of sp³-hybridized carbons (Fsp3) is 0.258. The molecular formula is C31H27NO4. The molecule has 0 saturated carbocycles. The number of fused-ring (bicyclic) bond motifs is 5. The first-order valence-electron chi connectivity index (χ1n) is 12.3. The number of ketones is 2. The van der Waals surface area contributed by atoms with Crippen LogP contribution in [0.3, 0.4) is 0 Å². The van der Waals surface area contributed by atoms with Gasteiger partial charge in [-0.25, -0.2) is 4.79 Å². The molecule has 0 radical (unpaired) electrons. The van der Waals surface area contributed by atoms with Gasteiger partial charge in [-0.1, -0.05) is 92.7 Å². The average Bonchev–Trinajstić information content (AvgIpc) is 3.35. The van der Waals surface area contributed by atoms with Crippen LogP contribution in [0.2, 0.25) is 0 Å². The number of rotatable bonds is 3. The summed E-state index contributed by atoms with van der Waals surface area (Å²) in [6.45, 7) is 4.23. The third kappa shape index (κ3) is 2.80. The van der Waals surface area contributed by atoms with E-state index in [2.05, 4.69) is 13.8 Å². The van der Waals surface area contributed by atoms with Gasteiger partial charge >= 0.3 is 5.97 Å². The molecule has 3 aromatic carbocycles. The van der Waals surface area contributed by atoms with Crippen molar-refractivity contribution in [3.63, 3.8) is 0 Å². The van der Waals surface area contributed by atoms with E-state index in [1.807, 2.05) is 65.6 Å². The molecule has 2 heterocycles. The Kier molecular flexibility index (Phi) is 5.01. The number of ether oxygens (including phenoxy) is 1. The molecule has 6 rings (SSSR count). The highest BCUT2D eigenvalue weighted by molar-refractivity contribution is 6.32. The number of carbonyl (C=O) groups excluding carboxylic acids is 3. The molecule has 3 aromatic rings. The lowest BCUT2D eigenvalue weighted by Gasteiger charge is -2.36. The predicted molar refractivity (Wildman–Crippen MR) is 138 cm³/mol. The van der Waals surface area contributed by atoms with E-state index in [1.54, 1.807) is 24.3 Å². The van der Waals surface area contributed by atoms with Crippen LogP contribution in [0.25, 0.3) is 6.08 Å². The van der Waals surface area contributed by atoms with Crippen molar-refractivity contribution in [1.82, 2.24) is 0 Å². The lowest BCUT2D eigenvalue weighted by molar-refractivity contribution is -0.142. The predicted octanol–water partition coefficient (Wildman–Crippen LogP) is 5.42. The van der Waals surface area contributed by atoms with Gasteiger partial charge < -0.3 is 9.64 Å².